The Morgan fingerprint density at radius 1 is 1.43 bits per heavy atom. The van der Waals surface area contributed by atoms with Gasteiger partial charge in [0.25, 0.3) is 5.91 Å². The summed E-state index contributed by atoms with van der Waals surface area (Å²) in [5.41, 5.74) is 0.0344. The molecule has 6 heteroatoms. The number of nitrogens with one attached hydrogen (secondary N) is 1. The molecule has 0 aliphatic carbocycles. The smallest absolute Gasteiger partial charge is 0.256 e. The molecule has 1 saturated heterocycles. The van der Waals surface area contributed by atoms with Gasteiger partial charge in [0.2, 0.25) is 0 Å². The van der Waals surface area contributed by atoms with Crippen molar-refractivity contribution >= 4 is 17.5 Å². The summed E-state index contributed by atoms with van der Waals surface area (Å²) < 4.78 is 13.7. The van der Waals surface area contributed by atoms with Gasteiger partial charge in [-0.15, -0.1) is 0 Å². The first-order valence-corrected chi connectivity index (χ1v) is 7.59. The van der Waals surface area contributed by atoms with Crippen molar-refractivity contribution in [3.05, 3.63) is 34.6 Å². The van der Waals surface area contributed by atoms with E-state index in [1.54, 1.807) is 11.9 Å². The van der Waals surface area contributed by atoms with Crippen LogP contribution in [0, 0.1) is 5.82 Å². The fourth-order valence-electron chi connectivity index (χ4n) is 2.43. The molecule has 0 unspecified atom stereocenters. The van der Waals surface area contributed by atoms with Crippen LogP contribution in [-0.2, 0) is 0 Å². The highest BCUT2D eigenvalue weighted by Gasteiger charge is 2.17. The highest BCUT2D eigenvalue weighted by molar-refractivity contribution is 6.30. The van der Waals surface area contributed by atoms with Gasteiger partial charge in [-0.25, -0.2) is 4.39 Å². The van der Waals surface area contributed by atoms with Crippen LogP contribution in [0.2, 0.25) is 5.02 Å². The van der Waals surface area contributed by atoms with Gasteiger partial charge in [-0.2, -0.15) is 0 Å². The SMILES string of the molecule is CN(CCCN1CCNCC1)C(=O)c1cc(Cl)ccc1F. The molecule has 0 atom stereocenters. The van der Waals surface area contributed by atoms with E-state index in [4.69, 9.17) is 11.6 Å². The van der Waals surface area contributed by atoms with Crippen molar-refractivity contribution in [3.63, 3.8) is 0 Å². The first-order chi connectivity index (χ1) is 10.1. The zero-order valence-corrected chi connectivity index (χ0v) is 13.0. The summed E-state index contributed by atoms with van der Waals surface area (Å²) in [6.45, 7) is 5.68. The summed E-state index contributed by atoms with van der Waals surface area (Å²) in [5.74, 6) is -0.853. The highest BCUT2D eigenvalue weighted by atomic mass is 35.5. The summed E-state index contributed by atoms with van der Waals surface area (Å²) in [7, 11) is 1.69. The first kappa shape index (κ1) is 16.2. The number of rotatable bonds is 5. The minimum absolute atomic E-state index is 0.0344. The third-order valence-electron chi connectivity index (χ3n) is 3.68. The van der Waals surface area contributed by atoms with E-state index in [0.29, 0.717) is 11.6 Å². The molecule has 1 fully saturated rings. The second-order valence-corrected chi connectivity index (χ2v) is 5.73. The first-order valence-electron chi connectivity index (χ1n) is 7.21. The molecule has 0 radical (unpaired) electrons. The molecule has 1 aliphatic heterocycles. The zero-order valence-electron chi connectivity index (χ0n) is 12.2. The average Bonchev–Trinajstić information content (AvgIpc) is 2.50. The third kappa shape index (κ3) is 4.66. The molecule has 1 N–H and O–H groups in total. The fraction of sp³-hybridized carbons (Fsp3) is 0.533. The lowest BCUT2D eigenvalue weighted by atomic mass is 10.2. The second kappa shape index (κ2) is 7.73. The van der Waals surface area contributed by atoms with Crippen molar-refractivity contribution < 1.29 is 9.18 Å². The van der Waals surface area contributed by atoms with Gasteiger partial charge >= 0.3 is 0 Å². The summed E-state index contributed by atoms with van der Waals surface area (Å²) in [4.78, 5) is 16.1. The molecule has 0 saturated carbocycles. The van der Waals surface area contributed by atoms with Crippen LogP contribution in [0.15, 0.2) is 18.2 Å². The molecule has 1 heterocycles. The minimum Gasteiger partial charge on any atom is -0.342 e. The molecule has 1 aliphatic rings. The molecule has 1 aromatic carbocycles. The zero-order chi connectivity index (χ0) is 15.2. The number of nitrogens with zero attached hydrogens (tertiary/aromatic N) is 2. The van der Waals surface area contributed by atoms with Gasteiger partial charge in [-0.1, -0.05) is 11.6 Å². The van der Waals surface area contributed by atoms with Crippen LogP contribution < -0.4 is 5.32 Å². The van der Waals surface area contributed by atoms with Crippen LogP contribution in [0.5, 0.6) is 0 Å². The topological polar surface area (TPSA) is 35.6 Å². The van der Waals surface area contributed by atoms with E-state index in [2.05, 4.69) is 10.2 Å². The monoisotopic (exact) mass is 313 g/mol. The molecule has 1 aromatic rings. The molecule has 0 spiro atoms. The average molecular weight is 314 g/mol. The Kier molecular flexibility index (Phi) is 5.96. The highest BCUT2D eigenvalue weighted by Crippen LogP contribution is 2.16. The largest absolute Gasteiger partial charge is 0.342 e. The van der Waals surface area contributed by atoms with Crippen LogP contribution in [0.25, 0.3) is 0 Å². The maximum absolute atomic E-state index is 13.7. The van der Waals surface area contributed by atoms with E-state index in [-0.39, 0.29) is 11.5 Å². The third-order valence-corrected chi connectivity index (χ3v) is 3.92. The number of hydrogen-bond donors (Lipinski definition) is 1. The second-order valence-electron chi connectivity index (χ2n) is 5.30. The van der Waals surface area contributed by atoms with Gasteiger partial charge in [0.1, 0.15) is 5.82 Å². The van der Waals surface area contributed by atoms with E-state index in [1.165, 1.54) is 18.2 Å². The molecule has 1 amide bonds. The lowest BCUT2D eigenvalue weighted by Crippen LogP contribution is -2.44. The normalized spacial score (nSPS) is 16.0. The molecule has 0 aromatic heterocycles. The van der Waals surface area contributed by atoms with Crippen molar-refractivity contribution in [2.45, 2.75) is 6.42 Å². The number of benzene rings is 1. The summed E-state index contributed by atoms with van der Waals surface area (Å²) >= 11 is 5.82. The summed E-state index contributed by atoms with van der Waals surface area (Å²) in [6, 6.07) is 4.05. The molecule has 2 rings (SSSR count). The number of amides is 1. The Hall–Kier alpha value is -1.17. The van der Waals surface area contributed by atoms with E-state index < -0.39 is 5.82 Å². The molecule has 116 valence electrons. The van der Waals surface area contributed by atoms with Crippen LogP contribution in [0.3, 0.4) is 0 Å². The molecular formula is C15H21ClFN3O. The van der Waals surface area contributed by atoms with Gasteiger partial charge in [-0.05, 0) is 31.2 Å². The molecule has 4 nitrogen and oxygen atoms in total. The van der Waals surface area contributed by atoms with Crippen molar-refractivity contribution in [3.8, 4) is 0 Å². The van der Waals surface area contributed by atoms with E-state index in [0.717, 1.165) is 39.1 Å². The maximum atomic E-state index is 13.7. The van der Waals surface area contributed by atoms with Gasteiger partial charge in [0.15, 0.2) is 0 Å². The van der Waals surface area contributed by atoms with Gasteiger partial charge in [0, 0.05) is 44.8 Å². The predicted molar refractivity (Wildman–Crippen MR) is 82.3 cm³/mol. The number of piperazine rings is 1. The van der Waals surface area contributed by atoms with Crippen LogP contribution in [0.1, 0.15) is 16.8 Å². The quantitative estimate of drug-likeness (QED) is 0.901. The van der Waals surface area contributed by atoms with E-state index >= 15 is 0 Å². The van der Waals surface area contributed by atoms with Crippen molar-refractivity contribution in [2.24, 2.45) is 0 Å². The summed E-state index contributed by atoms with van der Waals surface area (Å²) in [6.07, 6.45) is 0.879. The Labute approximate surface area is 129 Å². The molecule has 21 heavy (non-hydrogen) atoms. The standard InChI is InChI=1S/C15H21ClFN3O/c1-19(7-2-8-20-9-5-18-6-10-20)15(21)13-11-12(16)3-4-14(13)17/h3-4,11,18H,2,5-10H2,1H3. The predicted octanol–water partition coefficient (Wildman–Crippen LogP) is 1.85. The summed E-state index contributed by atoms with van der Waals surface area (Å²) in [5, 5.41) is 3.67. The lowest BCUT2D eigenvalue weighted by Gasteiger charge is -2.28. The maximum Gasteiger partial charge on any atom is 0.256 e. The Morgan fingerprint density at radius 2 is 2.14 bits per heavy atom. The molecule has 0 bridgehead atoms. The lowest BCUT2D eigenvalue weighted by molar-refractivity contribution is 0.0783. The fourth-order valence-corrected chi connectivity index (χ4v) is 2.61. The van der Waals surface area contributed by atoms with Crippen molar-refractivity contribution in [1.29, 1.82) is 0 Å². The van der Waals surface area contributed by atoms with E-state index in [9.17, 15) is 9.18 Å². The molecular weight excluding hydrogens is 293 g/mol. The van der Waals surface area contributed by atoms with Crippen LogP contribution in [0.4, 0.5) is 4.39 Å². The van der Waals surface area contributed by atoms with Crippen molar-refractivity contribution in [2.75, 3.05) is 46.3 Å². The van der Waals surface area contributed by atoms with Crippen LogP contribution >= 0.6 is 11.6 Å². The van der Waals surface area contributed by atoms with Gasteiger partial charge < -0.3 is 15.1 Å². The van der Waals surface area contributed by atoms with Crippen molar-refractivity contribution in [1.82, 2.24) is 15.1 Å². The number of halogens is 2. The Balaban J connectivity index is 1.83. The van der Waals surface area contributed by atoms with E-state index in [1.807, 2.05) is 0 Å². The Bertz CT molecular complexity index is 492. The van der Waals surface area contributed by atoms with Gasteiger partial charge in [0.05, 0.1) is 5.56 Å². The number of carbonyl (C=O) groups is 1. The van der Waals surface area contributed by atoms with Gasteiger partial charge in [-0.3, -0.25) is 4.79 Å². The number of hydrogen-bond acceptors (Lipinski definition) is 3. The van der Waals surface area contributed by atoms with Crippen LogP contribution in [-0.4, -0.2) is 62.0 Å². The Morgan fingerprint density at radius 3 is 2.86 bits per heavy atom. The minimum atomic E-state index is -0.529. The number of carbonyl (C=O) groups excluding carboxylic acids is 1.